The molecule has 0 saturated heterocycles. The lowest BCUT2D eigenvalue weighted by Crippen LogP contribution is -2.28. The molecule has 0 radical (unpaired) electrons. The minimum Gasteiger partial charge on any atom is -0.322 e. The predicted molar refractivity (Wildman–Crippen MR) is 92.1 cm³/mol. The van der Waals surface area contributed by atoms with Crippen LogP contribution in [0.15, 0.2) is 33.2 Å². The van der Waals surface area contributed by atoms with Crippen LogP contribution in [-0.2, 0) is 0 Å². The molecule has 0 aromatic heterocycles. The van der Waals surface area contributed by atoms with Gasteiger partial charge in [0, 0.05) is 30.1 Å². The van der Waals surface area contributed by atoms with Crippen LogP contribution in [0.2, 0.25) is 10.0 Å². The molecule has 2 unspecified atom stereocenters. The van der Waals surface area contributed by atoms with Crippen molar-refractivity contribution in [1.82, 2.24) is 0 Å². The molecule has 0 aliphatic carbocycles. The number of rotatable bonds is 3. The molecule has 0 spiro atoms. The van der Waals surface area contributed by atoms with E-state index in [1.54, 1.807) is 0 Å². The number of nitrogens with two attached hydrogens (primary N) is 2. The van der Waals surface area contributed by atoms with E-state index in [0.717, 1.165) is 12.1 Å². The number of hydrogen-bond acceptors (Lipinski definition) is 2. The van der Waals surface area contributed by atoms with E-state index in [-0.39, 0.29) is 21.2 Å². The van der Waals surface area contributed by atoms with E-state index < -0.39 is 23.7 Å². The van der Waals surface area contributed by atoms with Crippen LogP contribution in [0.3, 0.4) is 0 Å². The second-order valence-electron chi connectivity index (χ2n) is 4.62. The average Bonchev–Trinajstić information content (AvgIpc) is 2.35. The lowest BCUT2D eigenvalue weighted by Gasteiger charge is -2.24. The highest BCUT2D eigenvalue weighted by molar-refractivity contribution is 9.10. The fraction of sp³-hybridized carbons (Fsp3) is 0.143. The normalized spacial score (nSPS) is 14.0. The molecule has 2 rings (SSSR count). The van der Waals surface area contributed by atoms with Gasteiger partial charge in [0.05, 0.1) is 12.1 Å². The summed E-state index contributed by atoms with van der Waals surface area (Å²) < 4.78 is 29.0. The van der Waals surface area contributed by atoms with E-state index in [9.17, 15) is 8.78 Å². The number of hydrogen-bond donors (Lipinski definition) is 2. The molecule has 0 amide bonds. The third-order valence-corrected chi connectivity index (χ3v) is 4.89. The Labute approximate surface area is 153 Å². The molecule has 4 N–H and O–H groups in total. The van der Waals surface area contributed by atoms with Gasteiger partial charge in [0.15, 0.2) is 0 Å². The molecule has 118 valence electrons. The van der Waals surface area contributed by atoms with E-state index >= 15 is 0 Å². The van der Waals surface area contributed by atoms with Crippen molar-refractivity contribution >= 4 is 55.1 Å². The number of halogens is 6. The van der Waals surface area contributed by atoms with Crippen LogP contribution in [0.4, 0.5) is 8.78 Å². The van der Waals surface area contributed by atoms with Crippen LogP contribution in [0.25, 0.3) is 0 Å². The van der Waals surface area contributed by atoms with Crippen molar-refractivity contribution in [2.45, 2.75) is 12.1 Å². The Bertz CT molecular complexity index is 620. The van der Waals surface area contributed by atoms with Crippen molar-refractivity contribution in [2.24, 2.45) is 11.5 Å². The third kappa shape index (κ3) is 3.63. The summed E-state index contributed by atoms with van der Waals surface area (Å²) in [6, 6.07) is 3.28. The van der Waals surface area contributed by atoms with Gasteiger partial charge in [-0.15, -0.1) is 0 Å². The van der Waals surface area contributed by atoms with Gasteiger partial charge in [-0.2, -0.15) is 0 Å². The van der Waals surface area contributed by atoms with Crippen molar-refractivity contribution in [3.8, 4) is 0 Å². The maximum Gasteiger partial charge on any atom is 0.130 e. The molecule has 0 aliphatic heterocycles. The zero-order valence-electron chi connectivity index (χ0n) is 10.9. The van der Waals surface area contributed by atoms with Crippen molar-refractivity contribution in [1.29, 1.82) is 0 Å². The molecule has 0 fully saturated rings. The Morgan fingerprint density at radius 2 is 1.09 bits per heavy atom. The minimum atomic E-state index is -0.987. The van der Waals surface area contributed by atoms with E-state index in [1.165, 1.54) is 12.1 Å². The van der Waals surface area contributed by atoms with Crippen LogP contribution in [0, 0.1) is 11.6 Å². The maximum atomic E-state index is 14.1. The molecule has 0 saturated carbocycles. The van der Waals surface area contributed by atoms with Gasteiger partial charge in [0.2, 0.25) is 0 Å². The Morgan fingerprint density at radius 3 is 1.36 bits per heavy atom. The highest BCUT2D eigenvalue weighted by atomic mass is 79.9. The van der Waals surface area contributed by atoms with Gasteiger partial charge in [0.1, 0.15) is 11.6 Å². The second-order valence-corrected chi connectivity index (χ2v) is 7.20. The Morgan fingerprint density at radius 1 is 0.773 bits per heavy atom. The van der Waals surface area contributed by atoms with Gasteiger partial charge in [0.25, 0.3) is 0 Å². The van der Waals surface area contributed by atoms with Crippen LogP contribution in [0.1, 0.15) is 23.2 Å². The van der Waals surface area contributed by atoms with Crippen molar-refractivity contribution in [2.75, 3.05) is 0 Å². The van der Waals surface area contributed by atoms with Crippen molar-refractivity contribution < 1.29 is 8.78 Å². The smallest absolute Gasteiger partial charge is 0.130 e. The summed E-state index contributed by atoms with van der Waals surface area (Å²) >= 11 is 17.9. The first-order valence-electron chi connectivity index (χ1n) is 6.02. The van der Waals surface area contributed by atoms with Crippen LogP contribution in [0.5, 0.6) is 0 Å². The molecule has 2 atom stereocenters. The van der Waals surface area contributed by atoms with Crippen LogP contribution in [-0.4, -0.2) is 0 Å². The van der Waals surface area contributed by atoms with Crippen molar-refractivity contribution in [3.05, 3.63) is 66.0 Å². The zero-order valence-corrected chi connectivity index (χ0v) is 15.6. The molecule has 22 heavy (non-hydrogen) atoms. The Kier molecular flexibility index (Phi) is 5.85. The Balaban J connectivity index is 2.49. The van der Waals surface area contributed by atoms with Gasteiger partial charge in [-0.25, -0.2) is 8.78 Å². The first-order chi connectivity index (χ1) is 10.2. The highest BCUT2D eigenvalue weighted by Gasteiger charge is 2.27. The van der Waals surface area contributed by atoms with E-state index in [4.69, 9.17) is 34.7 Å². The van der Waals surface area contributed by atoms with Gasteiger partial charge >= 0.3 is 0 Å². The monoisotopic (exact) mass is 472 g/mol. The van der Waals surface area contributed by atoms with Crippen LogP contribution >= 0.6 is 55.1 Å². The van der Waals surface area contributed by atoms with Gasteiger partial charge < -0.3 is 11.5 Å². The molecule has 2 nitrogen and oxygen atoms in total. The number of benzene rings is 2. The van der Waals surface area contributed by atoms with E-state index in [0.29, 0.717) is 8.95 Å². The molecular weight excluding hydrogens is 465 g/mol. The molecule has 8 heteroatoms. The van der Waals surface area contributed by atoms with Crippen molar-refractivity contribution in [3.63, 3.8) is 0 Å². The SMILES string of the molecule is NC(c1c(F)cc(Cl)cc1Br)C(N)c1c(F)cc(Cl)cc1Br. The summed E-state index contributed by atoms with van der Waals surface area (Å²) in [5, 5.41) is 0.431. The maximum absolute atomic E-state index is 14.1. The molecule has 2 aromatic carbocycles. The molecule has 2 aromatic rings. The minimum absolute atomic E-state index is 0.123. The summed E-state index contributed by atoms with van der Waals surface area (Å²) in [7, 11) is 0. The molecule has 0 bridgehead atoms. The first-order valence-corrected chi connectivity index (χ1v) is 8.36. The zero-order chi connectivity index (χ0) is 16.6. The van der Waals surface area contributed by atoms with E-state index in [2.05, 4.69) is 31.9 Å². The summed E-state index contributed by atoms with van der Waals surface area (Å²) in [6.07, 6.45) is 0. The topological polar surface area (TPSA) is 52.0 Å². The predicted octanol–water partition coefficient (Wildman–Crippen LogP) is 5.50. The largest absolute Gasteiger partial charge is 0.322 e. The Hall–Kier alpha value is -0.240. The fourth-order valence-electron chi connectivity index (χ4n) is 2.10. The summed E-state index contributed by atoms with van der Waals surface area (Å²) in [6.45, 7) is 0. The van der Waals surface area contributed by atoms with E-state index in [1.807, 2.05) is 0 Å². The highest BCUT2D eigenvalue weighted by Crippen LogP contribution is 2.37. The molecular formula is C14H10Br2Cl2F2N2. The first kappa shape index (κ1) is 18.1. The third-order valence-electron chi connectivity index (χ3n) is 3.14. The lowest BCUT2D eigenvalue weighted by atomic mass is 9.94. The molecule has 0 aliphatic rings. The summed E-state index contributed by atoms with van der Waals surface area (Å²) in [5.74, 6) is -1.24. The molecule has 0 heterocycles. The summed E-state index contributed by atoms with van der Waals surface area (Å²) in [4.78, 5) is 0. The average molecular weight is 475 g/mol. The lowest BCUT2D eigenvalue weighted by molar-refractivity contribution is 0.499. The second kappa shape index (κ2) is 7.11. The summed E-state index contributed by atoms with van der Waals surface area (Å²) in [5.41, 5.74) is 12.3. The van der Waals surface area contributed by atoms with Gasteiger partial charge in [-0.3, -0.25) is 0 Å². The fourth-order valence-corrected chi connectivity index (χ4v) is 4.18. The standard InChI is InChI=1S/C14H10Br2Cl2F2N2/c15-7-1-5(17)3-9(19)11(7)13(21)14(22)12-8(16)2-6(18)4-10(12)20/h1-4,13-14H,21-22H2. The van der Waals surface area contributed by atoms with Gasteiger partial charge in [-0.1, -0.05) is 55.1 Å². The quantitative estimate of drug-likeness (QED) is 0.617. The van der Waals surface area contributed by atoms with Crippen LogP contribution < -0.4 is 11.5 Å². The van der Waals surface area contributed by atoms with Gasteiger partial charge in [-0.05, 0) is 24.3 Å².